The fourth-order valence-electron chi connectivity index (χ4n) is 2.40. The Kier molecular flexibility index (Phi) is 6.21. The Morgan fingerprint density at radius 1 is 1.28 bits per heavy atom. The molecule has 2 aromatic rings. The molecule has 0 saturated carbocycles. The van der Waals surface area contributed by atoms with Crippen molar-refractivity contribution in [1.82, 2.24) is 19.8 Å². The number of rotatable bonds is 7. The second-order valence-electron chi connectivity index (χ2n) is 5.65. The van der Waals surface area contributed by atoms with Gasteiger partial charge in [0.15, 0.2) is 0 Å². The quantitative estimate of drug-likeness (QED) is 0.704. The SMILES string of the molecule is Cc1nn(C)c(C)c1CC(=O)NCCNS(=O)(=O)c1cccc(Cl)c1. The number of benzene rings is 1. The average molecular weight is 385 g/mol. The monoisotopic (exact) mass is 384 g/mol. The Bertz CT molecular complexity index is 878. The topological polar surface area (TPSA) is 93.1 Å². The van der Waals surface area contributed by atoms with Crippen molar-refractivity contribution in [2.45, 2.75) is 25.2 Å². The van der Waals surface area contributed by atoms with Crippen molar-refractivity contribution < 1.29 is 13.2 Å². The summed E-state index contributed by atoms with van der Waals surface area (Å²) in [4.78, 5) is 12.1. The maximum absolute atomic E-state index is 12.1. The molecule has 136 valence electrons. The molecule has 1 amide bonds. The molecule has 1 heterocycles. The highest BCUT2D eigenvalue weighted by atomic mass is 35.5. The maximum atomic E-state index is 12.1. The van der Waals surface area contributed by atoms with Crippen LogP contribution in [0, 0.1) is 13.8 Å². The van der Waals surface area contributed by atoms with Crippen LogP contribution in [0.25, 0.3) is 0 Å². The van der Waals surface area contributed by atoms with Crippen molar-refractivity contribution in [1.29, 1.82) is 0 Å². The smallest absolute Gasteiger partial charge is 0.240 e. The summed E-state index contributed by atoms with van der Waals surface area (Å²) >= 11 is 5.80. The molecule has 0 atom stereocenters. The molecule has 0 radical (unpaired) electrons. The molecule has 7 nitrogen and oxygen atoms in total. The van der Waals surface area contributed by atoms with E-state index in [4.69, 9.17) is 11.6 Å². The highest BCUT2D eigenvalue weighted by Crippen LogP contribution is 2.15. The number of nitrogens with one attached hydrogen (secondary N) is 2. The molecule has 0 aliphatic heterocycles. The minimum Gasteiger partial charge on any atom is -0.354 e. The summed E-state index contributed by atoms with van der Waals surface area (Å²) in [5, 5.41) is 7.31. The van der Waals surface area contributed by atoms with Gasteiger partial charge in [0.1, 0.15) is 0 Å². The van der Waals surface area contributed by atoms with Crippen LogP contribution in [0.5, 0.6) is 0 Å². The van der Waals surface area contributed by atoms with Crippen molar-refractivity contribution in [3.8, 4) is 0 Å². The van der Waals surface area contributed by atoms with Gasteiger partial charge in [0, 0.05) is 36.4 Å². The van der Waals surface area contributed by atoms with E-state index >= 15 is 0 Å². The van der Waals surface area contributed by atoms with Crippen LogP contribution < -0.4 is 10.0 Å². The molecule has 25 heavy (non-hydrogen) atoms. The molecule has 0 unspecified atom stereocenters. The van der Waals surface area contributed by atoms with Gasteiger partial charge in [-0.3, -0.25) is 9.48 Å². The van der Waals surface area contributed by atoms with E-state index in [1.54, 1.807) is 16.8 Å². The largest absolute Gasteiger partial charge is 0.354 e. The number of aromatic nitrogens is 2. The molecule has 0 saturated heterocycles. The van der Waals surface area contributed by atoms with Gasteiger partial charge in [-0.2, -0.15) is 5.10 Å². The summed E-state index contributed by atoms with van der Waals surface area (Å²) in [6.07, 6.45) is 0.215. The van der Waals surface area contributed by atoms with E-state index in [-0.39, 0.29) is 30.3 Å². The van der Waals surface area contributed by atoms with Gasteiger partial charge >= 0.3 is 0 Å². The lowest BCUT2D eigenvalue weighted by Crippen LogP contribution is -2.35. The number of nitrogens with zero attached hydrogens (tertiary/aromatic N) is 2. The third kappa shape index (κ3) is 5.04. The zero-order valence-electron chi connectivity index (χ0n) is 14.3. The Morgan fingerprint density at radius 3 is 2.60 bits per heavy atom. The number of hydrogen-bond donors (Lipinski definition) is 2. The zero-order valence-corrected chi connectivity index (χ0v) is 15.9. The normalized spacial score (nSPS) is 11.5. The molecular formula is C16H21ClN4O3S. The van der Waals surface area contributed by atoms with Crippen LogP contribution in [0.15, 0.2) is 29.2 Å². The lowest BCUT2D eigenvalue weighted by atomic mass is 10.1. The number of halogens is 1. The highest BCUT2D eigenvalue weighted by Gasteiger charge is 2.15. The standard InChI is InChI=1S/C16H21ClN4O3S/c1-11-15(12(2)21(3)20-11)10-16(22)18-7-8-19-25(23,24)14-6-4-5-13(17)9-14/h4-6,9,19H,7-8,10H2,1-3H3,(H,18,22). The second-order valence-corrected chi connectivity index (χ2v) is 7.86. The van der Waals surface area contributed by atoms with Crippen LogP contribution >= 0.6 is 11.6 Å². The van der Waals surface area contributed by atoms with Crippen LogP contribution in [-0.4, -0.2) is 37.2 Å². The van der Waals surface area contributed by atoms with E-state index < -0.39 is 10.0 Å². The van der Waals surface area contributed by atoms with Gasteiger partial charge in [0.05, 0.1) is 17.0 Å². The molecule has 0 aliphatic carbocycles. The predicted octanol–water partition coefficient (Wildman–Crippen LogP) is 1.33. The minimum absolute atomic E-state index is 0.0889. The van der Waals surface area contributed by atoms with Gasteiger partial charge in [-0.25, -0.2) is 13.1 Å². The zero-order chi connectivity index (χ0) is 18.6. The molecule has 0 bridgehead atoms. The van der Waals surface area contributed by atoms with E-state index in [1.165, 1.54) is 12.1 Å². The molecule has 0 fully saturated rings. The first-order valence-corrected chi connectivity index (χ1v) is 9.58. The summed E-state index contributed by atoms with van der Waals surface area (Å²) in [5.74, 6) is -0.179. The predicted molar refractivity (Wildman–Crippen MR) is 96.0 cm³/mol. The van der Waals surface area contributed by atoms with Gasteiger partial charge < -0.3 is 5.32 Å². The average Bonchev–Trinajstić information content (AvgIpc) is 2.78. The summed E-state index contributed by atoms with van der Waals surface area (Å²) in [7, 11) is -1.82. The fourth-order valence-corrected chi connectivity index (χ4v) is 3.73. The van der Waals surface area contributed by atoms with Crippen LogP contribution in [0.4, 0.5) is 0 Å². The number of aryl methyl sites for hydroxylation is 2. The molecule has 2 N–H and O–H groups in total. The summed E-state index contributed by atoms with van der Waals surface area (Å²) in [5.41, 5.74) is 2.64. The van der Waals surface area contributed by atoms with E-state index in [9.17, 15) is 13.2 Å². The number of amides is 1. The molecule has 1 aromatic carbocycles. The first-order chi connectivity index (χ1) is 11.7. The molecule has 1 aromatic heterocycles. The molecular weight excluding hydrogens is 364 g/mol. The number of carbonyl (C=O) groups excluding carboxylic acids is 1. The van der Waals surface area contributed by atoms with Crippen molar-refractivity contribution >= 4 is 27.5 Å². The van der Waals surface area contributed by atoms with Crippen molar-refractivity contribution in [3.05, 3.63) is 46.2 Å². The molecule has 2 rings (SSSR count). The van der Waals surface area contributed by atoms with E-state index in [2.05, 4.69) is 15.1 Å². The van der Waals surface area contributed by atoms with Crippen LogP contribution in [0.1, 0.15) is 17.0 Å². The Morgan fingerprint density at radius 2 is 2.00 bits per heavy atom. The highest BCUT2D eigenvalue weighted by molar-refractivity contribution is 7.89. The summed E-state index contributed by atoms with van der Waals surface area (Å²) < 4.78 is 28.4. The molecule has 0 aliphatic rings. The third-order valence-corrected chi connectivity index (χ3v) is 5.54. The number of sulfonamides is 1. The van der Waals surface area contributed by atoms with E-state index in [1.807, 2.05) is 20.9 Å². The number of hydrogen-bond acceptors (Lipinski definition) is 4. The lowest BCUT2D eigenvalue weighted by Gasteiger charge is -2.08. The van der Waals surface area contributed by atoms with Gasteiger partial charge in [-0.15, -0.1) is 0 Å². The Balaban J connectivity index is 1.83. The first kappa shape index (κ1) is 19.4. The van der Waals surface area contributed by atoms with Gasteiger partial charge in [0.25, 0.3) is 0 Å². The van der Waals surface area contributed by atoms with Crippen molar-refractivity contribution in [3.63, 3.8) is 0 Å². The van der Waals surface area contributed by atoms with Crippen LogP contribution in [0.2, 0.25) is 5.02 Å². The fraction of sp³-hybridized carbons (Fsp3) is 0.375. The van der Waals surface area contributed by atoms with Gasteiger partial charge in [-0.05, 0) is 32.0 Å². The van der Waals surface area contributed by atoms with Gasteiger partial charge in [0.2, 0.25) is 15.9 Å². The lowest BCUT2D eigenvalue weighted by molar-refractivity contribution is -0.120. The Labute approximate surface area is 152 Å². The summed E-state index contributed by atoms with van der Waals surface area (Å²) in [6, 6.07) is 6.00. The third-order valence-electron chi connectivity index (χ3n) is 3.84. The maximum Gasteiger partial charge on any atom is 0.240 e. The molecule has 0 spiro atoms. The number of carbonyl (C=O) groups is 1. The Hall–Kier alpha value is -1.90. The van der Waals surface area contributed by atoms with Crippen molar-refractivity contribution in [2.75, 3.05) is 13.1 Å². The van der Waals surface area contributed by atoms with E-state index in [0.29, 0.717) is 5.02 Å². The summed E-state index contributed by atoms with van der Waals surface area (Å²) in [6.45, 7) is 4.04. The first-order valence-electron chi connectivity index (χ1n) is 7.71. The van der Waals surface area contributed by atoms with Crippen LogP contribution in [-0.2, 0) is 28.3 Å². The molecule has 9 heteroatoms. The van der Waals surface area contributed by atoms with E-state index in [0.717, 1.165) is 17.0 Å². The van der Waals surface area contributed by atoms with Crippen LogP contribution in [0.3, 0.4) is 0 Å². The second kappa shape index (κ2) is 7.99. The van der Waals surface area contributed by atoms with Crippen molar-refractivity contribution in [2.24, 2.45) is 7.05 Å². The van der Waals surface area contributed by atoms with Gasteiger partial charge in [-0.1, -0.05) is 17.7 Å². The minimum atomic E-state index is -3.65.